The van der Waals surface area contributed by atoms with Gasteiger partial charge in [0.2, 0.25) is 5.13 Å². The number of thioether (sulfide) groups is 1. The highest BCUT2D eigenvalue weighted by atomic mass is 35.5. The first-order valence-electron chi connectivity index (χ1n) is 13.2. The second-order valence-electron chi connectivity index (χ2n) is 9.97. The molecule has 3 aromatic carbocycles. The van der Waals surface area contributed by atoms with Crippen molar-refractivity contribution in [1.82, 2.24) is 10.2 Å². The van der Waals surface area contributed by atoms with Crippen LogP contribution in [0, 0.1) is 0 Å². The van der Waals surface area contributed by atoms with Crippen molar-refractivity contribution in [3.05, 3.63) is 105 Å². The second-order valence-corrected chi connectivity index (χ2v) is 12.6. The Kier molecular flexibility index (Phi) is 7.95. The molecule has 9 nitrogen and oxygen atoms in total. The zero-order valence-corrected chi connectivity index (χ0v) is 25.3. The number of hydrogen-bond acceptors (Lipinski definition) is 10. The molecule has 2 aliphatic heterocycles. The second kappa shape index (κ2) is 11.8. The Bertz CT molecular complexity index is 1790. The molecule has 2 aliphatic rings. The van der Waals surface area contributed by atoms with Gasteiger partial charge in [0, 0.05) is 22.8 Å². The molecule has 2 unspecified atom stereocenters. The van der Waals surface area contributed by atoms with E-state index in [1.807, 2.05) is 31.2 Å². The summed E-state index contributed by atoms with van der Waals surface area (Å²) in [4.78, 5) is 40.5. The Morgan fingerprint density at radius 2 is 1.86 bits per heavy atom. The molecule has 0 saturated carbocycles. The lowest BCUT2D eigenvalue weighted by atomic mass is 9.94. The Hall–Kier alpha value is -4.19. The number of methoxy groups -OCH3 is 1. The average molecular weight is 634 g/mol. The molecule has 3 heterocycles. The van der Waals surface area contributed by atoms with Crippen molar-refractivity contribution in [1.29, 1.82) is 0 Å². The van der Waals surface area contributed by atoms with E-state index in [0.29, 0.717) is 38.2 Å². The van der Waals surface area contributed by atoms with Gasteiger partial charge in [-0.15, -0.1) is 10.2 Å². The number of ether oxygens (including phenoxy) is 2. The van der Waals surface area contributed by atoms with Crippen molar-refractivity contribution >= 4 is 63.3 Å². The minimum absolute atomic E-state index is 0.00585. The van der Waals surface area contributed by atoms with E-state index in [4.69, 9.17) is 21.1 Å². The number of anilines is 1. The fraction of sp³-hybridized carbons (Fsp3) is 0.194. The van der Waals surface area contributed by atoms with E-state index < -0.39 is 23.7 Å². The largest absolute Gasteiger partial charge is 0.507 e. The first kappa shape index (κ1) is 28.9. The van der Waals surface area contributed by atoms with Crippen molar-refractivity contribution in [3.8, 4) is 5.75 Å². The quantitative estimate of drug-likeness (QED) is 0.0632. The molecule has 218 valence electrons. The lowest BCUT2D eigenvalue weighted by Crippen LogP contribution is -2.29. The van der Waals surface area contributed by atoms with Gasteiger partial charge in [0.1, 0.15) is 17.6 Å². The summed E-state index contributed by atoms with van der Waals surface area (Å²) in [5, 5.41) is 20.9. The highest BCUT2D eigenvalue weighted by Crippen LogP contribution is 2.45. The van der Waals surface area contributed by atoms with E-state index in [1.54, 1.807) is 42.5 Å². The number of esters is 1. The van der Waals surface area contributed by atoms with Crippen molar-refractivity contribution in [2.45, 2.75) is 35.6 Å². The Morgan fingerprint density at radius 3 is 2.60 bits per heavy atom. The summed E-state index contributed by atoms with van der Waals surface area (Å²) in [6.07, 6.45) is 0.650. The van der Waals surface area contributed by atoms with Crippen molar-refractivity contribution in [3.63, 3.8) is 0 Å². The normalized spacial score (nSPS) is 18.9. The molecule has 2 atom stereocenters. The molecule has 1 aromatic heterocycles. The van der Waals surface area contributed by atoms with E-state index in [1.165, 1.54) is 23.8 Å². The van der Waals surface area contributed by atoms with Crippen LogP contribution in [-0.4, -0.2) is 46.2 Å². The molecule has 0 aliphatic carbocycles. The summed E-state index contributed by atoms with van der Waals surface area (Å²) < 4.78 is 11.2. The van der Waals surface area contributed by atoms with Crippen LogP contribution in [0.4, 0.5) is 5.13 Å². The number of aromatic nitrogens is 2. The number of benzene rings is 3. The third-order valence-electron chi connectivity index (χ3n) is 7.17. The van der Waals surface area contributed by atoms with Crippen LogP contribution in [0.5, 0.6) is 5.75 Å². The third kappa shape index (κ3) is 5.51. The Labute approximate surface area is 260 Å². The van der Waals surface area contributed by atoms with Crippen LogP contribution in [0.1, 0.15) is 45.6 Å². The number of ketones is 1. The summed E-state index contributed by atoms with van der Waals surface area (Å²) in [5.41, 5.74) is 2.90. The molecule has 1 N–H and O–H groups in total. The Balaban J connectivity index is 1.40. The monoisotopic (exact) mass is 633 g/mol. The van der Waals surface area contributed by atoms with Crippen LogP contribution in [0.3, 0.4) is 0 Å². The molecule has 1 saturated heterocycles. The van der Waals surface area contributed by atoms with Gasteiger partial charge < -0.3 is 14.6 Å². The first-order valence-corrected chi connectivity index (χ1v) is 15.4. The predicted octanol–water partition coefficient (Wildman–Crippen LogP) is 6.22. The maximum atomic E-state index is 13.6. The highest BCUT2D eigenvalue weighted by Gasteiger charge is 2.48. The molecule has 0 radical (unpaired) electrons. The number of carbonyl (C=O) groups is 3. The number of nitrogens with zero attached hydrogens (tertiary/aromatic N) is 3. The maximum absolute atomic E-state index is 13.6. The van der Waals surface area contributed by atoms with Crippen molar-refractivity contribution in [2.75, 3.05) is 12.0 Å². The molecule has 43 heavy (non-hydrogen) atoms. The van der Waals surface area contributed by atoms with E-state index >= 15 is 0 Å². The van der Waals surface area contributed by atoms with E-state index in [0.717, 1.165) is 28.2 Å². The number of hydrogen-bond donors (Lipinski definition) is 1. The van der Waals surface area contributed by atoms with Crippen LogP contribution in [0.15, 0.2) is 76.6 Å². The number of Topliss-reactive ketones (excluding diaryl/α,β-unsaturated/α-hetero) is 1. The average Bonchev–Trinajstić information content (AvgIpc) is 3.70. The minimum atomic E-state index is -1.02. The maximum Gasteiger partial charge on any atom is 0.337 e. The molecule has 1 fully saturated rings. The molecule has 12 heteroatoms. The molecular weight excluding hydrogens is 610 g/mol. The minimum Gasteiger partial charge on any atom is -0.507 e. The number of carbonyl (C=O) groups excluding carboxylic acids is 3. The van der Waals surface area contributed by atoms with Crippen molar-refractivity contribution in [2.24, 2.45) is 0 Å². The standard InChI is InChI=1S/C31H24ClN3O6S2/c1-16-13-21-14-19(11-12-23(21)41-16)26(36)24-25(17-7-9-18(10-8-17)29(39)40-2)35(28(38)27(24)37)30-33-34-31(43-30)42-15-20-5-3-4-6-22(20)32/h3-12,14,16,25,36H,13,15H2,1-2H3/b26-24-. The van der Waals surface area contributed by atoms with E-state index in [9.17, 15) is 19.5 Å². The van der Waals surface area contributed by atoms with Crippen LogP contribution in [0.2, 0.25) is 5.02 Å². The summed E-state index contributed by atoms with van der Waals surface area (Å²) in [7, 11) is 1.28. The van der Waals surface area contributed by atoms with E-state index in [2.05, 4.69) is 10.2 Å². The fourth-order valence-electron chi connectivity index (χ4n) is 5.10. The van der Waals surface area contributed by atoms with Gasteiger partial charge in [-0.1, -0.05) is 65.0 Å². The van der Waals surface area contributed by atoms with Gasteiger partial charge in [-0.3, -0.25) is 14.5 Å². The van der Waals surface area contributed by atoms with Crippen LogP contribution < -0.4 is 9.64 Å². The van der Waals surface area contributed by atoms with Crippen LogP contribution in [0.25, 0.3) is 5.76 Å². The SMILES string of the molecule is COC(=O)c1ccc(C2/C(=C(/O)c3ccc4c(c3)CC(C)O4)C(=O)C(=O)N2c2nnc(SCc3ccccc3Cl)s2)cc1. The zero-order valence-electron chi connectivity index (χ0n) is 22.9. The molecule has 0 bridgehead atoms. The van der Waals surface area contributed by atoms with Gasteiger partial charge in [-0.25, -0.2) is 4.79 Å². The lowest BCUT2D eigenvalue weighted by Gasteiger charge is -2.22. The summed E-state index contributed by atoms with van der Waals surface area (Å²) in [5.74, 6) is -1.30. The van der Waals surface area contributed by atoms with Gasteiger partial charge in [-0.05, 0) is 60.0 Å². The summed E-state index contributed by atoms with van der Waals surface area (Å²) >= 11 is 8.85. The molecule has 0 spiro atoms. The number of aliphatic hydroxyl groups excluding tert-OH is 1. The van der Waals surface area contributed by atoms with Crippen molar-refractivity contribution < 1.29 is 29.0 Å². The topological polar surface area (TPSA) is 119 Å². The lowest BCUT2D eigenvalue weighted by molar-refractivity contribution is -0.132. The Morgan fingerprint density at radius 1 is 1.12 bits per heavy atom. The number of amides is 1. The van der Waals surface area contributed by atoms with Gasteiger partial charge in [0.05, 0.1) is 24.3 Å². The van der Waals surface area contributed by atoms with Crippen LogP contribution >= 0.6 is 34.7 Å². The first-order chi connectivity index (χ1) is 20.7. The third-order valence-corrected chi connectivity index (χ3v) is 9.65. The fourth-order valence-corrected chi connectivity index (χ4v) is 7.26. The highest BCUT2D eigenvalue weighted by molar-refractivity contribution is 8.00. The van der Waals surface area contributed by atoms with Gasteiger partial charge in [0.15, 0.2) is 4.34 Å². The zero-order chi connectivity index (χ0) is 30.2. The number of rotatable bonds is 7. The predicted molar refractivity (Wildman–Crippen MR) is 164 cm³/mol. The molecule has 6 rings (SSSR count). The smallest absolute Gasteiger partial charge is 0.337 e. The summed E-state index contributed by atoms with van der Waals surface area (Å²) in [6.45, 7) is 1.95. The number of aliphatic hydroxyl groups is 1. The van der Waals surface area contributed by atoms with E-state index in [-0.39, 0.29) is 22.6 Å². The molecule has 1 amide bonds. The number of halogens is 1. The van der Waals surface area contributed by atoms with Gasteiger partial charge in [0.25, 0.3) is 5.78 Å². The number of fused-ring (bicyclic) bond motifs is 1. The van der Waals surface area contributed by atoms with Crippen LogP contribution in [-0.2, 0) is 26.5 Å². The molecular formula is C31H24ClN3O6S2. The summed E-state index contributed by atoms with van der Waals surface area (Å²) in [6, 6.07) is 18.0. The molecule has 4 aromatic rings. The van der Waals surface area contributed by atoms with Gasteiger partial charge >= 0.3 is 11.9 Å². The van der Waals surface area contributed by atoms with Gasteiger partial charge in [-0.2, -0.15) is 0 Å².